The van der Waals surface area contributed by atoms with E-state index in [4.69, 9.17) is 11.6 Å². The van der Waals surface area contributed by atoms with Gasteiger partial charge in [-0.2, -0.15) is 0 Å². The van der Waals surface area contributed by atoms with Crippen LogP contribution in [-0.4, -0.2) is 19.7 Å². The molecule has 4 nitrogen and oxygen atoms in total. The zero-order chi connectivity index (χ0) is 17.4. The van der Waals surface area contributed by atoms with Crippen LogP contribution >= 0.6 is 11.6 Å². The second-order valence-corrected chi connectivity index (χ2v) is 7.59. The minimum absolute atomic E-state index is 0.375. The number of rotatable bonds is 5. The van der Waals surface area contributed by atoms with E-state index in [0.29, 0.717) is 11.1 Å². The largest absolute Gasteiger partial charge is 0.309 e. The Morgan fingerprint density at radius 3 is 2.48 bits per heavy atom. The zero-order valence-corrected chi connectivity index (χ0v) is 15.2. The number of aromatic nitrogens is 4. The van der Waals surface area contributed by atoms with Gasteiger partial charge < -0.3 is 4.57 Å². The molecule has 0 aliphatic heterocycles. The summed E-state index contributed by atoms with van der Waals surface area (Å²) in [5.74, 6) is 2.56. The lowest BCUT2D eigenvalue weighted by Gasteiger charge is -2.25. The highest BCUT2D eigenvalue weighted by Crippen LogP contribution is 2.41. The van der Waals surface area contributed by atoms with Crippen LogP contribution in [0.25, 0.3) is 0 Å². The average Bonchev–Trinajstić information content (AvgIpc) is 3.36. The van der Waals surface area contributed by atoms with Crippen LogP contribution in [0.5, 0.6) is 0 Å². The van der Waals surface area contributed by atoms with Gasteiger partial charge in [-0.05, 0) is 44.4 Å². The van der Waals surface area contributed by atoms with E-state index in [1.54, 1.807) is 6.07 Å². The molecule has 2 heterocycles. The molecule has 0 amide bonds. The third-order valence-electron chi connectivity index (χ3n) is 4.82. The average molecular weight is 353 g/mol. The number of nitrogens with zero attached hydrogens (tertiary/aromatic N) is 4. The molecular formula is C20H21ClN4. The molecule has 0 bridgehead atoms. The molecule has 0 spiro atoms. The van der Waals surface area contributed by atoms with Crippen LogP contribution in [0.4, 0.5) is 0 Å². The smallest absolute Gasteiger partial charge is 0.145 e. The van der Waals surface area contributed by atoms with Gasteiger partial charge in [-0.1, -0.05) is 48.0 Å². The number of hydrogen-bond acceptors (Lipinski definition) is 3. The molecule has 128 valence electrons. The summed E-state index contributed by atoms with van der Waals surface area (Å²) < 4.78 is 2.27. The van der Waals surface area contributed by atoms with Gasteiger partial charge in [0, 0.05) is 5.92 Å². The summed E-state index contributed by atoms with van der Waals surface area (Å²) in [4.78, 5) is 4.52. The predicted octanol–water partition coefficient (Wildman–Crippen LogP) is 4.58. The lowest BCUT2D eigenvalue weighted by molar-refractivity contribution is 0.526. The molecule has 3 aromatic rings. The van der Waals surface area contributed by atoms with E-state index in [9.17, 15) is 0 Å². The van der Waals surface area contributed by atoms with Crippen LogP contribution in [0.2, 0.25) is 5.15 Å². The first-order valence-corrected chi connectivity index (χ1v) is 9.04. The summed E-state index contributed by atoms with van der Waals surface area (Å²) in [5.41, 5.74) is 1.78. The van der Waals surface area contributed by atoms with E-state index >= 15 is 0 Å². The highest BCUT2D eigenvalue weighted by molar-refractivity contribution is 6.29. The van der Waals surface area contributed by atoms with Gasteiger partial charge in [0.15, 0.2) is 0 Å². The Balaban J connectivity index is 1.79. The van der Waals surface area contributed by atoms with Crippen LogP contribution in [0.3, 0.4) is 0 Å². The van der Waals surface area contributed by atoms with Crippen molar-refractivity contribution in [2.45, 2.75) is 44.6 Å². The van der Waals surface area contributed by atoms with Gasteiger partial charge in [0.05, 0.1) is 17.7 Å². The van der Waals surface area contributed by atoms with Crippen molar-refractivity contribution in [1.82, 2.24) is 19.7 Å². The van der Waals surface area contributed by atoms with E-state index in [0.717, 1.165) is 23.9 Å². The van der Waals surface area contributed by atoms with Crippen molar-refractivity contribution in [3.63, 3.8) is 0 Å². The molecule has 2 aromatic heterocycles. The summed E-state index contributed by atoms with van der Waals surface area (Å²) >= 11 is 6.12. The molecule has 5 heteroatoms. The SMILES string of the molecule is CC(C)(c1cccc(Cl)n1)c1nnc(C2CC2)n1Cc1ccccc1. The highest BCUT2D eigenvalue weighted by atomic mass is 35.5. The molecule has 0 saturated heterocycles. The van der Waals surface area contributed by atoms with Crippen LogP contribution in [0.15, 0.2) is 48.5 Å². The first kappa shape index (κ1) is 16.3. The van der Waals surface area contributed by atoms with Crippen molar-refractivity contribution < 1.29 is 0 Å². The van der Waals surface area contributed by atoms with Crippen LogP contribution in [-0.2, 0) is 12.0 Å². The van der Waals surface area contributed by atoms with Gasteiger partial charge in [-0.15, -0.1) is 10.2 Å². The molecule has 25 heavy (non-hydrogen) atoms. The number of halogens is 1. The molecule has 0 radical (unpaired) electrons. The van der Waals surface area contributed by atoms with Crippen molar-refractivity contribution >= 4 is 11.6 Å². The summed E-state index contributed by atoms with van der Waals surface area (Å²) in [6.07, 6.45) is 2.39. The van der Waals surface area contributed by atoms with E-state index in [1.165, 1.54) is 18.4 Å². The number of benzene rings is 1. The maximum atomic E-state index is 6.12. The van der Waals surface area contributed by atoms with E-state index in [2.05, 4.69) is 57.9 Å². The lowest BCUT2D eigenvalue weighted by atomic mass is 9.87. The van der Waals surface area contributed by atoms with Crippen molar-refractivity contribution in [3.05, 3.63) is 76.6 Å². The molecule has 1 aliphatic rings. The minimum Gasteiger partial charge on any atom is -0.309 e. The van der Waals surface area contributed by atoms with Gasteiger partial charge >= 0.3 is 0 Å². The molecule has 1 saturated carbocycles. The standard InChI is InChI=1S/C20H21ClN4/c1-20(2,16-9-6-10-17(21)22-16)19-24-23-18(15-11-12-15)25(19)13-14-7-4-3-5-8-14/h3-10,15H,11-13H2,1-2H3. The molecule has 0 N–H and O–H groups in total. The van der Waals surface area contributed by atoms with E-state index < -0.39 is 0 Å². The summed E-state index contributed by atoms with van der Waals surface area (Å²) in [7, 11) is 0. The zero-order valence-electron chi connectivity index (χ0n) is 14.5. The first-order chi connectivity index (χ1) is 12.1. The van der Waals surface area contributed by atoms with Gasteiger partial charge in [-0.25, -0.2) is 4.98 Å². The molecule has 0 atom stereocenters. The third kappa shape index (κ3) is 3.19. The Morgan fingerprint density at radius 1 is 1.04 bits per heavy atom. The quantitative estimate of drug-likeness (QED) is 0.631. The first-order valence-electron chi connectivity index (χ1n) is 8.66. The molecule has 0 unspecified atom stereocenters. The molecule has 4 rings (SSSR count). The molecule has 1 aliphatic carbocycles. The normalized spacial score (nSPS) is 14.7. The molecule has 1 aromatic carbocycles. The topological polar surface area (TPSA) is 43.6 Å². The lowest BCUT2D eigenvalue weighted by Crippen LogP contribution is -2.26. The van der Waals surface area contributed by atoms with Crippen LogP contribution in [0, 0.1) is 0 Å². The van der Waals surface area contributed by atoms with Gasteiger partial charge in [-0.3, -0.25) is 0 Å². The Kier molecular flexibility index (Phi) is 4.08. The molecule has 1 fully saturated rings. The Hall–Kier alpha value is -2.20. The van der Waals surface area contributed by atoms with Crippen molar-refractivity contribution in [2.75, 3.05) is 0 Å². The van der Waals surface area contributed by atoms with Gasteiger partial charge in [0.25, 0.3) is 0 Å². The van der Waals surface area contributed by atoms with Gasteiger partial charge in [0.1, 0.15) is 16.8 Å². The maximum Gasteiger partial charge on any atom is 0.145 e. The third-order valence-corrected chi connectivity index (χ3v) is 5.03. The highest BCUT2D eigenvalue weighted by Gasteiger charge is 2.36. The number of hydrogen-bond donors (Lipinski definition) is 0. The fraction of sp³-hybridized carbons (Fsp3) is 0.350. The van der Waals surface area contributed by atoms with Gasteiger partial charge in [0.2, 0.25) is 0 Å². The summed E-state index contributed by atoms with van der Waals surface area (Å²) in [5, 5.41) is 9.62. The minimum atomic E-state index is -0.375. The van der Waals surface area contributed by atoms with Crippen molar-refractivity contribution in [1.29, 1.82) is 0 Å². The fourth-order valence-electron chi connectivity index (χ4n) is 3.21. The Morgan fingerprint density at radius 2 is 1.80 bits per heavy atom. The fourth-order valence-corrected chi connectivity index (χ4v) is 3.38. The van der Waals surface area contributed by atoms with Crippen molar-refractivity contribution in [2.24, 2.45) is 0 Å². The summed E-state index contributed by atoms with van der Waals surface area (Å²) in [6, 6.07) is 16.2. The van der Waals surface area contributed by atoms with E-state index in [1.807, 2.05) is 18.2 Å². The molecular weight excluding hydrogens is 332 g/mol. The van der Waals surface area contributed by atoms with Crippen LogP contribution in [0.1, 0.15) is 55.5 Å². The monoisotopic (exact) mass is 352 g/mol. The second-order valence-electron chi connectivity index (χ2n) is 7.20. The maximum absolute atomic E-state index is 6.12. The second kappa shape index (κ2) is 6.26. The summed E-state index contributed by atoms with van der Waals surface area (Å²) in [6.45, 7) is 5.04. The number of pyridine rings is 1. The Labute approximate surface area is 152 Å². The Bertz CT molecular complexity index is 882. The van der Waals surface area contributed by atoms with E-state index in [-0.39, 0.29) is 5.41 Å². The van der Waals surface area contributed by atoms with Crippen LogP contribution < -0.4 is 0 Å². The van der Waals surface area contributed by atoms with Crippen molar-refractivity contribution in [3.8, 4) is 0 Å². The predicted molar refractivity (Wildman–Crippen MR) is 98.9 cm³/mol.